The highest BCUT2D eigenvalue weighted by atomic mass is 16.3. The number of carbonyl (C=O) groups excluding carboxylic acids is 1. The van der Waals surface area contributed by atoms with Crippen LogP contribution in [0.25, 0.3) is 0 Å². The Morgan fingerprint density at radius 2 is 1.77 bits per heavy atom. The Morgan fingerprint density at radius 3 is 2.23 bits per heavy atom. The van der Waals surface area contributed by atoms with Crippen LogP contribution in [0.2, 0.25) is 0 Å². The molecule has 0 radical (unpaired) electrons. The van der Waals surface area contributed by atoms with Crippen LogP contribution in [0.5, 0.6) is 0 Å². The van der Waals surface area contributed by atoms with Crippen LogP contribution < -0.4 is 4.57 Å². The van der Waals surface area contributed by atoms with Gasteiger partial charge in [-0.05, 0) is 18.4 Å². The van der Waals surface area contributed by atoms with Crippen LogP contribution in [-0.4, -0.2) is 17.5 Å². The normalized spacial score (nSPS) is 32.9. The summed E-state index contributed by atoms with van der Waals surface area (Å²) in [5.74, 6) is 0.0814. The first-order valence-electron chi connectivity index (χ1n) is 8.07. The largest absolute Gasteiger partial charge is 0.396 e. The maximum atomic E-state index is 11.7. The second kappa shape index (κ2) is 4.89. The van der Waals surface area contributed by atoms with Crippen molar-refractivity contribution in [2.45, 2.75) is 60.4 Å². The number of hydrogen-bond donors (Lipinski definition) is 1. The lowest BCUT2D eigenvalue weighted by atomic mass is 9.58. The van der Waals surface area contributed by atoms with Gasteiger partial charge in [-0.2, -0.15) is 4.57 Å². The Labute approximate surface area is 134 Å². The first kappa shape index (κ1) is 17.1. The molecule has 122 valence electrons. The van der Waals surface area contributed by atoms with Gasteiger partial charge < -0.3 is 5.11 Å². The molecule has 0 amide bonds. The minimum Gasteiger partial charge on any atom is -0.396 e. The van der Waals surface area contributed by atoms with Gasteiger partial charge in [-0.25, -0.2) is 0 Å². The molecule has 0 bridgehead atoms. The summed E-state index contributed by atoms with van der Waals surface area (Å²) in [6.07, 6.45) is 4.89. The molecule has 3 nitrogen and oxygen atoms in total. The van der Waals surface area contributed by atoms with Crippen molar-refractivity contribution >= 4 is 5.78 Å². The smallest absolute Gasteiger partial charge is 0.180 e. The molecule has 1 fully saturated rings. The molecule has 0 saturated heterocycles. The summed E-state index contributed by atoms with van der Waals surface area (Å²) in [5.41, 5.74) is 0.319. The monoisotopic (exact) mass is 304 g/mol. The fourth-order valence-corrected chi connectivity index (χ4v) is 4.29. The third-order valence-electron chi connectivity index (χ3n) is 7.28. The van der Waals surface area contributed by atoms with Gasteiger partial charge in [0.1, 0.15) is 0 Å². The number of aliphatic hydroxyl groups is 1. The number of aliphatic hydroxyl groups excluding tert-OH is 1. The van der Waals surface area contributed by atoms with E-state index in [-0.39, 0.29) is 34.2 Å². The zero-order valence-corrected chi connectivity index (χ0v) is 15.0. The maximum absolute atomic E-state index is 11.7. The van der Waals surface area contributed by atoms with Gasteiger partial charge in [0.05, 0.1) is 5.56 Å². The van der Waals surface area contributed by atoms with Gasteiger partial charge in [0.15, 0.2) is 23.7 Å². The van der Waals surface area contributed by atoms with Gasteiger partial charge in [0, 0.05) is 36.8 Å². The lowest BCUT2D eigenvalue weighted by Crippen LogP contribution is -2.61. The third-order valence-corrected chi connectivity index (χ3v) is 7.28. The van der Waals surface area contributed by atoms with Gasteiger partial charge in [0.2, 0.25) is 0 Å². The molecule has 0 aliphatic heterocycles. The zero-order chi connectivity index (χ0) is 17.0. The average molecular weight is 304 g/mol. The summed E-state index contributed by atoms with van der Waals surface area (Å²) < 4.78 is 2.19. The highest BCUT2D eigenvalue weighted by Crippen LogP contribution is 2.67. The first-order valence-corrected chi connectivity index (χ1v) is 8.07. The Bertz CT molecular complexity index is 605. The minimum atomic E-state index is -0.167. The van der Waals surface area contributed by atoms with E-state index < -0.39 is 0 Å². The number of aromatic nitrogens is 1. The third kappa shape index (κ3) is 1.98. The van der Waals surface area contributed by atoms with E-state index in [0.717, 1.165) is 12.0 Å². The summed E-state index contributed by atoms with van der Waals surface area (Å²) >= 11 is 0. The van der Waals surface area contributed by atoms with Crippen molar-refractivity contribution in [2.24, 2.45) is 16.2 Å². The number of pyridine rings is 1. The van der Waals surface area contributed by atoms with Crippen molar-refractivity contribution in [3.63, 3.8) is 0 Å². The van der Waals surface area contributed by atoms with Crippen LogP contribution in [0.3, 0.4) is 0 Å². The molecule has 1 unspecified atom stereocenters. The minimum absolute atomic E-state index is 0.0390. The second-order valence-electron chi connectivity index (χ2n) is 8.48. The van der Waals surface area contributed by atoms with E-state index >= 15 is 0 Å². The van der Waals surface area contributed by atoms with E-state index in [9.17, 15) is 9.90 Å². The molecule has 1 saturated carbocycles. The summed E-state index contributed by atoms with van der Waals surface area (Å²) in [4.78, 5) is 11.7. The van der Waals surface area contributed by atoms with Crippen LogP contribution in [0, 0.1) is 16.2 Å². The fourth-order valence-electron chi connectivity index (χ4n) is 4.29. The summed E-state index contributed by atoms with van der Waals surface area (Å²) in [6.45, 7) is 15.3. The highest BCUT2D eigenvalue weighted by Gasteiger charge is 2.70. The van der Waals surface area contributed by atoms with Gasteiger partial charge in [-0.3, -0.25) is 4.79 Å². The quantitative estimate of drug-likeness (QED) is 0.687. The number of carbonyl (C=O) groups is 1. The van der Waals surface area contributed by atoms with Gasteiger partial charge in [0.25, 0.3) is 0 Å². The molecule has 22 heavy (non-hydrogen) atoms. The fraction of sp³-hybridized carbons (Fsp3) is 0.684. The summed E-state index contributed by atoms with van der Waals surface area (Å²) in [7, 11) is 0. The molecule has 0 spiro atoms. The van der Waals surface area contributed by atoms with E-state index in [4.69, 9.17) is 0 Å². The van der Waals surface area contributed by atoms with Crippen molar-refractivity contribution in [3.05, 3.63) is 30.1 Å². The molecule has 1 aliphatic carbocycles. The van der Waals surface area contributed by atoms with Crippen molar-refractivity contribution in [3.8, 4) is 0 Å². The number of rotatable bonds is 3. The molecule has 1 N–H and O–H groups in total. The van der Waals surface area contributed by atoms with Gasteiger partial charge in [-0.15, -0.1) is 0 Å². The predicted octanol–water partition coefficient (Wildman–Crippen LogP) is 3.35. The maximum Gasteiger partial charge on any atom is 0.180 e. The van der Waals surface area contributed by atoms with Crippen molar-refractivity contribution in [1.29, 1.82) is 0 Å². The van der Waals surface area contributed by atoms with Crippen LogP contribution in [0.1, 0.15) is 65.2 Å². The van der Waals surface area contributed by atoms with Gasteiger partial charge in [-0.1, -0.05) is 34.6 Å². The lowest BCUT2D eigenvalue weighted by Gasteiger charge is -2.46. The Kier molecular flexibility index (Phi) is 3.81. The van der Waals surface area contributed by atoms with Crippen molar-refractivity contribution in [1.82, 2.24) is 0 Å². The van der Waals surface area contributed by atoms with Crippen LogP contribution in [-0.2, 0) is 5.54 Å². The molecule has 2 rings (SSSR count). The van der Waals surface area contributed by atoms with Crippen molar-refractivity contribution in [2.75, 3.05) is 6.61 Å². The topological polar surface area (TPSA) is 41.2 Å². The van der Waals surface area contributed by atoms with E-state index in [1.165, 1.54) is 0 Å². The van der Waals surface area contributed by atoms with Crippen LogP contribution in [0.4, 0.5) is 0 Å². The molecular formula is C19H30NO2+. The number of ketones is 1. The van der Waals surface area contributed by atoms with E-state index in [0.29, 0.717) is 0 Å². The van der Waals surface area contributed by atoms with E-state index in [1.54, 1.807) is 6.92 Å². The molecule has 3 heteroatoms. The number of Topliss-reactive ketones (excluding diaryl/α,β-unsaturated/α-hetero) is 1. The Morgan fingerprint density at radius 1 is 1.18 bits per heavy atom. The SMILES string of the molecule is CC(=O)c1ccc[n+](C2(C)C[C@](C)(CO)C(C)(C)C2(C)C)c1. The molecule has 1 heterocycles. The number of hydrogen-bond acceptors (Lipinski definition) is 2. The first-order chi connectivity index (χ1) is 9.93. The van der Waals surface area contributed by atoms with E-state index in [1.807, 2.05) is 24.5 Å². The van der Waals surface area contributed by atoms with E-state index in [2.05, 4.69) is 46.1 Å². The standard InChI is InChI=1S/C19H30NO2/c1-14(22)15-9-8-10-20(11-15)19(7)12-18(6,13-21)16(2,3)17(19,4)5/h8-11,21H,12-13H2,1-7H3/q+1/t18-,19?/m1/s1. The Hall–Kier alpha value is -1.22. The highest BCUT2D eigenvalue weighted by molar-refractivity contribution is 5.93. The zero-order valence-electron chi connectivity index (χ0n) is 15.0. The van der Waals surface area contributed by atoms with Crippen LogP contribution in [0.15, 0.2) is 24.5 Å². The van der Waals surface area contributed by atoms with Crippen molar-refractivity contribution < 1.29 is 14.5 Å². The van der Waals surface area contributed by atoms with Gasteiger partial charge >= 0.3 is 0 Å². The average Bonchev–Trinajstić information content (AvgIpc) is 2.56. The number of nitrogens with zero attached hydrogens (tertiary/aromatic N) is 1. The second-order valence-corrected chi connectivity index (χ2v) is 8.48. The molecule has 1 aromatic rings. The predicted molar refractivity (Wildman–Crippen MR) is 87.7 cm³/mol. The lowest BCUT2D eigenvalue weighted by molar-refractivity contribution is -0.775. The summed E-state index contributed by atoms with van der Waals surface area (Å²) in [5, 5.41) is 10.1. The molecule has 1 aliphatic rings. The molecule has 0 aromatic carbocycles. The van der Waals surface area contributed by atoms with Crippen LogP contribution >= 0.6 is 0 Å². The molecule has 2 atom stereocenters. The Balaban J connectivity index is 2.64. The summed E-state index contributed by atoms with van der Waals surface area (Å²) in [6, 6.07) is 3.81. The molecular weight excluding hydrogens is 274 g/mol. The molecule has 1 aromatic heterocycles.